The van der Waals surface area contributed by atoms with E-state index in [0.29, 0.717) is 35.8 Å². The van der Waals surface area contributed by atoms with Gasteiger partial charge in [-0.15, -0.1) is 0 Å². The average Bonchev–Trinajstić information content (AvgIpc) is 3.16. The van der Waals surface area contributed by atoms with Crippen molar-refractivity contribution in [2.24, 2.45) is 0 Å². The Morgan fingerprint density at radius 3 is 2.62 bits per heavy atom. The number of ether oxygens (including phenoxy) is 2. The van der Waals surface area contributed by atoms with Crippen molar-refractivity contribution < 1.29 is 9.47 Å². The van der Waals surface area contributed by atoms with Gasteiger partial charge in [-0.05, 0) is 63.0 Å². The lowest BCUT2D eigenvalue weighted by Crippen LogP contribution is -2.37. The van der Waals surface area contributed by atoms with E-state index in [0.717, 1.165) is 30.8 Å². The van der Waals surface area contributed by atoms with Crippen LogP contribution in [0.1, 0.15) is 43.4 Å². The van der Waals surface area contributed by atoms with Gasteiger partial charge in [-0.2, -0.15) is 0 Å². The van der Waals surface area contributed by atoms with E-state index in [2.05, 4.69) is 48.3 Å². The number of nitrogens with zero attached hydrogens (tertiary/aromatic N) is 1. The molecule has 0 amide bonds. The average molecular weight is 417 g/mol. The highest BCUT2D eigenvalue weighted by molar-refractivity contribution is 6.32. The zero-order chi connectivity index (χ0) is 20.6. The minimum Gasteiger partial charge on any atom is -0.490 e. The van der Waals surface area contributed by atoms with Crippen LogP contribution in [0.15, 0.2) is 36.4 Å². The molecule has 29 heavy (non-hydrogen) atoms. The molecule has 158 valence electrons. The van der Waals surface area contributed by atoms with Crippen molar-refractivity contribution in [2.45, 2.75) is 52.8 Å². The number of halogens is 1. The number of nitrogens with one attached hydrogen (secondary N) is 1. The minimum absolute atomic E-state index is 0.464. The van der Waals surface area contributed by atoms with Crippen molar-refractivity contribution in [1.29, 1.82) is 0 Å². The van der Waals surface area contributed by atoms with Crippen LogP contribution in [0.25, 0.3) is 0 Å². The van der Waals surface area contributed by atoms with Gasteiger partial charge in [0.25, 0.3) is 0 Å². The van der Waals surface area contributed by atoms with Crippen LogP contribution in [0.5, 0.6) is 11.5 Å². The maximum Gasteiger partial charge on any atom is 0.180 e. The van der Waals surface area contributed by atoms with E-state index in [1.165, 1.54) is 24.9 Å². The van der Waals surface area contributed by atoms with Gasteiger partial charge in [0.1, 0.15) is 6.61 Å². The van der Waals surface area contributed by atoms with E-state index >= 15 is 0 Å². The number of likely N-dealkylation sites (N-methyl/N-ethyl adjacent to an activating group) is 1. The second-order valence-electron chi connectivity index (χ2n) is 7.67. The van der Waals surface area contributed by atoms with E-state index in [1.54, 1.807) is 0 Å². The first-order chi connectivity index (χ1) is 14.1. The molecule has 0 bridgehead atoms. The molecule has 4 nitrogen and oxygen atoms in total. The molecule has 5 heteroatoms. The molecule has 0 aliphatic carbocycles. The molecule has 0 radical (unpaired) electrons. The fraction of sp³-hybridized carbons (Fsp3) is 0.500. The first-order valence-corrected chi connectivity index (χ1v) is 11.1. The van der Waals surface area contributed by atoms with E-state index in [4.69, 9.17) is 21.1 Å². The molecule has 0 spiro atoms. The zero-order valence-electron chi connectivity index (χ0n) is 17.8. The van der Waals surface area contributed by atoms with Crippen LogP contribution < -0.4 is 14.8 Å². The van der Waals surface area contributed by atoms with Crippen LogP contribution in [0.4, 0.5) is 0 Å². The monoisotopic (exact) mass is 416 g/mol. The summed E-state index contributed by atoms with van der Waals surface area (Å²) in [5.41, 5.74) is 3.46. The quantitative estimate of drug-likeness (QED) is 0.577. The molecule has 0 aromatic heterocycles. The lowest BCUT2D eigenvalue weighted by atomic mass is 10.1. The summed E-state index contributed by atoms with van der Waals surface area (Å²) in [6.45, 7) is 11.4. The summed E-state index contributed by atoms with van der Waals surface area (Å²) in [7, 11) is 0. The summed E-state index contributed by atoms with van der Waals surface area (Å²) in [5, 5.41) is 4.18. The van der Waals surface area contributed by atoms with Crippen LogP contribution in [-0.4, -0.2) is 37.2 Å². The van der Waals surface area contributed by atoms with Crippen LogP contribution >= 0.6 is 11.6 Å². The Kier molecular flexibility index (Phi) is 8.22. The second-order valence-corrected chi connectivity index (χ2v) is 8.07. The highest BCUT2D eigenvalue weighted by Gasteiger charge is 2.22. The molecule has 3 rings (SSSR count). The summed E-state index contributed by atoms with van der Waals surface area (Å²) in [5.74, 6) is 1.32. The van der Waals surface area contributed by atoms with Crippen LogP contribution in [0.3, 0.4) is 0 Å². The fourth-order valence-corrected chi connectivity index (χ4v) is 4.18. The molecule has 0 saturated carbocycles. The third kappa shape index (κ3) is 6.11. The predicted molar refractivity (Wildman–Crippen MR) is 120 cm³/mol. The van der Waals surface area contributed by atoms with Gasteiger partial charge in [-0.25, -0.2) is 0 Å². The summed E-state index contributed by atoms with van der Waals surface area (Å²) in [6, 6.07) is 13.0. The fourth-order valence-electron chi connectivity index (χ4n) is 3.89. The Morgan fingerprint density at radius 1 is 1.10 bits per heavy atom. The van der Waals surface area contributed by atoms with Gasteiger partial charge in [0, 0.05) is 19.1 Å². The molecule has 1 fully saturated rings. The van der Waals surface area contributed by atoms with Crippen molar-refractivity contribution >= 4 is 11.6 Å². The summed E-state index contributed by atoms with van der Waals surface area (Å²) in [4.78, 5) is 2.55. The number of rotatable bonds is 10. The molecule has 1 aliphatic rings. The second kappa shape index (κ2) is 10.9. The van der Waals surface area contributed by atoms with Gasteiger partial charge < -0.3 is 14.8 Å². The zero-order valence-corrected chi connectivity index (χ0v) is 18.6. The van der Waals surface area contributed by atoms with Gasteiger partial charge in [-0.1, -0.05) is 48.4 Å². The Hall–Kier alpha value is -1.75. The van der Waals surface area contributed by atoms with Gasteiger partial charge >= 0.3 is 0 Å². The molecule has 2 aromatic rings. The smallest absolute Gasteiger partial charge is 0.180 e. The minimum atomic E-state index is 0.464. The Labute approximate surface area is 180 Å². The van der Waals surface area contributed by atoms with E-state index in [1.807, 2.05) is 19.1 Å². The van der Waals surface area contributed by atoms with Crippen molar-refractivity contribution in [3.63, 3.8) is 0 Å². The van der Waals surface area contributed by atoms with Crippen LogP contribution in [0, 0.1) is 6.92 Å². The van der Waals surface area contributed by atoms with Crippen molar-refractivity contribution in [1.82, 2.24) is 10.2 Å². The topological polar surface area (TPSA) is 33.7 Å². The molecule has 1 atom stereocenters. The maximum atomic E-state index is 6.57. The number of likely N-dealkylation sites (tertiary alicyclic amines) is 1. The van der Waals surface area contributed by atoms with Gasteiger partial charge in [0.15, 0.2) is 11.5 Å². The highest BCUT2D eigenvalue weighted by Crippen LogP contribution is 2.37. The van der Waals surface area contributed by atoms with E-state index in [-0.39, 0.29) is 0 Å². The Balaban J connectivity index is 1.63. The molecular formula is C24H33ClN2O2. The molecular weight excluding hydrogens is 384 g/mol. The van der Waals surface area contributed by atoms with Gasteiger partial charge in [0.2, 0.25) is 0 Å². The Bertz CT molecular complexity index is 779. The van der Waals surface area contributed by atoms with E-state index < -0.39 is 0 Å². The number of hydrogen-bond donors (Lipinski definition) is 1. The number of aryl methyl sites for hydroxylation is 1. The van der Waals surface area contributed by atoms with Crippen molar-refractivity contribution in [2.75, 3.05) is 26.2 Å². The van der Waals surface area contributed by atoms with Crippen molar-refractivity contribution in [3.05, 3.63) is 58.1 Å². The summed E-state index contributed by atoms with van der Waals surface area (Å²) >= 11 is 6.57. The largest absolute Gasteiger partial charge is 0.490 e. The molecule has 1 heterocycles. The van der Waals surface area contributed by atoms with Crippen LogP contribution in [0.2, 0.25) is 5.02 Å². The molecule has 1 saturated heterocycles. The molecule has 1 unspecified atom stereocenters. The SMILES string of the molecule is CCOc1cc(CNCC2CCCN2CC)cc(Cl)c1OCc1ccc(C)cc1. The first kappa shape index (κ1) is 21.9. The standard InChI is InChI=1S/C24H33ClN2O2/c1-4-27-12-6-7-21(27)16-26-15-20-13-22(25)24(23(14-20)28-5-2)29-17-19-10-8-18(3)9-11-19/h8-11,13-14,21,26H,4-7,12,15-17H2,1-3H3. The maximum absolute atomic E-state index is 6.57. The van der Waals surface area contributed by atoms with Crippen molar-refractivity contribution in [3.8, 4) is 11.5 Å². The lowest BCUT2D eigenvalue weighted by molar-refractivity contribution is 0.259. The van der Waals surface area contributed by atoms with Gasteiger partial charge in [0.05, 0.1) is 11.6 Å². The Morgan fingerprint density at radius 2 is 1.90 bits per heavy atom. The third-order valence-corrected chi connectivity index (χ3v) is 5.77. The third-order valence-electron chi connectivity index (χ3n) is 5.49. The molecule has 1 aliphatic heterocycles. The number of hydrogen-bond acceptors (Lipinski definition) is 4. The predicted octanol–water partition coefficient (Wildman–Crippen LogP) is 5.20. The lowest BCUT2D eigenvalue weighted by Gasteiger charge is -2.23. The summed E-state index contributed by atoms with van der Waals surface area (Å²) < 4.78 is 11.9. The first-order valence-electron chi connectivity index (χ1n) is 10.7. The molecule has 1 N–H and O–H groups in total. The number of benzene rings is 2. The van der Waals surface area contributed by atoms with Crippen LogP contribution in [-0.2, 0) is 13.2 Å². The molecule has 2 aromatic carbocycles. The van der Waals surface area contributed by atoms with Gasteiger partial charge in [-0.3, -0.25) is 4.90 Å². The van der Waals surface area contributed by atoms with E-state index in [9.17, 15) is 0 Å². The summed E-state index contributed by atoms with van der Waals surface area (Å²) in [6.07, 6.45) is 2.57. The normalized spacial score (nSPS) is 16.9. The highest BCUT2D eigenvalue weighted by atomic mass is 35.5.